The van der Waals surface area contributed by atoms with Crippen molar-refractivity contribution in [1.29, 1.82) is 0 Å². The third kappa shape index (κ3) is 3.61. The SMILES string of the molecule is CCOC(=O)c1cc(C)c(C)cc1C(=O)C[N+](=O)[O-]. The molecule has 0 unspecified atom stereocenters. The Morgan fingerprint density at radius 2 is 1.74 bits per heavy atom. The molecule has 0 saturated heterocycles. The molecule has 0 fully saturated rings. The lowest BCUT2D eigenvalue weighted by atomic mass is 9.97. The summed E-state index contributed by atoms with van der Waals surface area (Å²) in [6, 6.07) is 3.02. The number of nitro groups is 1. The van der Waals surface area contributed by atoms with E-state index >= 15 is 0 Å². The first kappa shape index (κ1) is 14.8. The lowest BCUT2D eigenvalue weighted by Gasteiger charge is -2.10. The van der Waals surface area contributed by atoms with Gasteiger partial charge in [0.15, 0.2) is 0 Å². The summed E-state index contributed by atoms with van der Waals surface area (Å²) in [6.45, 7) is 4.55. The first-order valence-corrected chi connectivity index (χ1v) is 5.80. The summed E-state index contributed by atoms with van der Waals surface area (Å²) in [5.41, 5.74) is 1.73. The smallest absolute Gasteiger partial charge is 0.338 e. The molecule has 19 heavy (non-hydrogen) atoms. The zero-order valence-corrected chi connectivity index (χ0v) is 11.1. The van der Waals surface area contributed by atoms with Gasteiger partial charge in [-0.1, -0.05) is 0 Å². The Hall–Kier alpha value is -2.24. The van der Waals surface area contributed by atoms with Crippen LogP contribution in [0.3, 0.4) is 0 Å². The van der Waals surface area contributed by atoms with Gasteiger partial charge in [0.05, 0.1) is 12.2 Å². The van der Waals surface area contributed by atoms with E-state index in [1.165, 1.54) is 12.1 Å². The van der Waals surface area contributed by atoms with Crippen molar-refractivity contribution in [3.63, 3.8) is 0 Å². The molecule has 0 heterocycles. The predicted octanol–water partition coefficient (Wildman–Crippen LogP) is 1.94. The van der Waals surface area contributed by atoms with Gasteiger partial charge < -0.3 is 4.74 Å². The number of esters is 1. The number of nitrogens with zero attached hydrogens (tertiary/aromatic N) is 1. The summed E-state index contributed by atoms with van der Waals surface area (Å²) >= 11 is 0. The molecule has 1 aromatic rings. The Kier molecular flexibility index (Phi) is 4.74. The van der Waals surface area contributed by atoms with Gasteiger partial charge in [-0.05, 0) is 44.0 Å². The highest BCUT2D eigenvalue weighted by molar-refractivity contribution is 6.07. The minimum Gasteiger partial charge on any atom is -0.462 e. The first-order valence-electron chi connectivity index (χ1n) is 5.80. The van der Waals surface area contributed by atoms with E-state index < -0.39 is 23.2 Å². The molecular weight excluding hydrogens is 250 g/mol. The maximum absolute atomic E-state index is 11.8. The van der Waals surface area contributed by atoms with Gasteiger partial charge in [-0.2, -0.15) is 0 Å². The third-order valence-corrected chi connectivity index (χ3v) is 2.70. The van der Waals surface area contributed by atoms with E-state index in [0.29, 0.717) is 0 Å². The second-order valence-corrected chi connectivity index (χ2v) is 4.12. The van der Waals surface area contributed by atoms with Gasteiger partial charge in [-0.25, -0.2) is 4.79 Å². The monoisotopic (exact) mass is 265 g/mol. The Bertz CT molecular complexity index is 536. The molecule has 0 saturated carbocycles. The molecule has 0 radical (unpaired) electrons. The molecule has 0 atom stereocenters. The van der Waals surface area contributed by atoms with Crippen LogP contribution in [0.15, 0.2) is 12.1 Å². The van der Waals surface area contributed by atoms with Gasteiger partial charge in [0.2, 0.25) is 5.78 Å². The average molecular weight is 265 g/mol. The molecule has 0 N–H and O–H groups in total. The third-order valence-electron chi connectivity index (χ3n) is 2.70. The minimum absolute atomic E-state index is 0.0400. The van der Waals surface area contributed by atoms with Crippen LogP contribution in [-0.4, -0.2) is 29.8 Å². The van der Waals surface area contributed by atoms with E-state index in [0.717, 1.165) is 11.1 Å². The van der Waals surface area contributed by atoms with Crippen molar-refractivity contribution in [3.05, 3.63) is 44.5 Å². The molecular formula is C13H15NO5. The van der Waals surface area contributed by atoms with Crippen molar-refractivity contribution in [1.82, 2.24) is 0 Å². The summed E-state index contributed by atoms with van der Waals surface area (Å²) in [5, 5.41) is 10.4. The normalized spacial score (nSPS) is 10.1. The summed E-state index contributed by atoms with van der Waals surface area (Å²) in [5.74, 6) is -1.34. The predicted molar refractivity (Wildman–Crippen MR) is 68.1 cm³/mol. The molecule has 102 valence electrons. The maximum Gasteiger partial charge on any atom is 0.338 e. The number of hydrogen-bond acceptors (Lipinski definition) is 5. The van der Waals surface area contributed by atoms with E-state index in [-0.39, 0.29) is 17.7 Å². The fourth-order valence-electron chi connectivity index (χ4n) is 1.63. The highest BCUT2D eigenvalue weighted by Crippen LogP contribution is 2.18. The van der Waals surface area contributed by atoms with E-state index in [9.17, 15) is 19.7 Å². The maximum atomic E-state index is 11.8. The second kappa shape index (κ2) is 6.08. The molecule has 6 nitrogen and oxygen atoms in total. The zero-order valence-electron chi connectivity index (χ0n) is 11.1. The summed E-state index contributed by atoms with van der Waals surface area (Å²) in [4.78, 5) is 33.3. The van der Waals surface area contributed by atoms with Crippen molar-refractivity contribution in [2.75, 3.05) is 13.2 Å². The van der Waals surface area contributed by atoms with Crippen LogP contribution in [0.25, 0.3) is 0 Å². The lowest BCUT2D eigenvalue weighted by molar-refractivity contribution is -0.465. The first-order chi connectivity index (χ1) is 8.86. The summed E-state index contributed by atoms with van der Waals surface area (Å²) in [6.07, 6.45) is 0. The van der Waals surface area contributed by atoms with Crippen LogP contribution in [0, 0.1) is 24.0 Å². The Labute approximate surface area is 110 Å². The van der Waals surface area contributed by atoms with E-state index in [1.54, 1.807) is 20.8 Å². The van der Waals surface area contributed by atoms with Crippen LogP contribution in [-0.2, 0) is 4.74 Å². The summed E-state index contributed by atoms with van der Waals surface area (Å²) in [7, 11) is 0. The number of carbonyl (C=O) groups excluding carboxylic acids is 2. The van der Waals surface area contributed by atoms with Gasteiger partial charge in [-0.15, -0.1) is 0 Å². The van der Waals surface area contributed by atoms with Crippen molar-refractivity contribution < 1.29 is 19.2 Å². The average Bonchev–Trinajstić information content (AvgIpc) is 2.31. The van der Waals surface area contributed by atoms with Gasteiger partial charge in [0, 0.05) is 10.5 Å². The molecule has 0 aliphatic rings. The molecule has 1 aromatic carbocycles. The molecule has 0 aromatic heterocycles. The number of ketones is 1. The van der Waals surface area contributed by atoms with E-state index in [4.69, 9.17) is 4.74 Å². The number of aryl methyl sites for hydroxylation is 2. The van der Waals surface area contributed by atoms with Gasteiger partial charge >= 0.3 is 5.97 Å². The van der Waals surface area contributed by atoms with Gasteiger partial charge in [0.1, 0.15) is 0 Å². The second-order valence-electron chi connectivity index (χ2n) is 4.12. The number of Topliss-reactive ketones (excluding diaryl/α,β-unsaturated/α-hetero) is 1. The highest BCUT2D eigenvalue weighted by Gasteiger charge is 2.22. The Morgan fingerprint density at radius 1 is 1.21 bits per heavy atom. The van der Waals surface area contributed by atoms with Crippen LogP contribution in [0.1, 0.15) is 38.8 Å². The highest BCUT2D eigenvalue weighted by atomic mass is 16.6. The van der Waals surface area contributed by atoms with Crippen LogP contribution >= 0.6 is 0 Å². The summed E-state index contributed by atoms with van der Waals surface area (Å²) < 4.78 is 4.86. The van der Waals surface area contributed by atoms with E-state index in [1.807, 2.05) is 0 Å². The van der Waals surface area contributed by atoms with Crippen LogP contribution < -0.4 is 0 Å². The van der Waals surface area contributed by atoms with Crippen LogP contribution in [0.4, 0.5) is 0 Å². The molecule has 0 bridgehead atoms. The number of hydrogen-bond donors (Lipinski definition) is 0. The van der Waals surface area contributed by atoms with Crippen LogP contribution in [0.2, 0.25) is 0 Å². The number of rotatable bonds is 5. The largest absolute Gasteiger partial charge is 0.462 e. The van der Waals surface area contributed by atoms with Crippen LogP contribution in [0.5, 0.6) is 0 Å². The Balaban J connectivity index is 3.27. The molecule has 6 heteroatoms. The van der Waals surface area contributed by atoms with Crippen molar-refractivity contribution in [2.24, 2.45) is 0 Å². The number of ether oxygens (including phenoxy) is 1. The van der Waals surface area contributed by atoms with Gasteiger partial charge in [-0.3, -0.25) is 14.9 Å². The molecule has 0 aliphatic carbocycles. The van der Waals surface area contributed by atoms with E-state index in [2.05, 4.69) is 0 Å². The molecule has 0 spiro atoms. The van der Waals surface area contributed by atoms with Gasteiger partial charge in [0.25, 0.3) is 6.54 Å². The molecule has 0 amide bonds. The Morgan fingerprint density at radius 3 is 2.21 bits per heavy atom. The minimum atomic E-state index is -0.838. The number of carbonyl (C=O) groups is 2. The molecule has 0 aliphatic heterocycles. The van der Waals surface area contributed by atoms with Crippen molar-refractivity contribution in [3.8, 4) is 0 Å². The zero-order chi connectivity index (χ0) is 14.6. The molecule has 1 rings (SSSR count). The lowest BCUT2D eigenvalue weighted by Crippen LogP contribution is -2.19. The fourth-order valence-corrected chi connectivity index (χ4v) is 1.63. The topological polar surface area (TPSA) is 86.5 Å². The van der Waals surface area contributed by atoms with Crippen molar-refractivity contribution >= 4 is 11.8 Å². The quantitative estimate of drug-likeness (QED) is 0.351. The van der Waals surface area contributed by atoms with Crippen molar-refractivity contribution in [2.45, 2.75) is 20.8 Å². The number of benzene rings is 1. The standard InChI is InChI=1S/C13H15NO5/c1-4-19-13(16)11-6-9(3)8(2)5-10(11)12(15)7-14(17)18/h5-6H,4,7H2,1-3H3. The fraction of sp³-hybridized carbons (Fsp3) is 0.385.